The Balaban J connectivity index is 1.66. The molecule has 6 heteroatoms. The van der Waals surface area contributed by atoms with E-state index in [1.54, 1.807) is 23.9 Å². The molecule has 4 nitrogen and oxygen atoms in total. The quantitative estimate of drug-likeness (QED) is 0.482. The van der Waals surface area contributed by atoms with Crippen LogP contribution in [0.5, 0.6) is 0 Å². The van der Waals surface area contributed by atoms with Gasteiger partial charge in [0, 0.05) is 5.02 Å². The maximum absolute atomic E-state index is 12.7. The van der Waals surface area contributed by atoms with Gasteiger partial charge in [0.05, 0.1) is 16.5 Å². The molecule has 0 unspecified atom stereocenters. The first kappa shape index (κ1) is 17.8. The van der Waals surface area contributed by atoms with Crippen molar-refractivity contribution in [3.63, 3.8) is 0 Å². The van der Waals surface area contributed by atoms with Gasteiger partial charge in [-0.3, -0.25) is 4.79 Å². The van der Waals surface area contributed by atoms with Crippen LogP contribution in [-0.4, -0.2) is 15.0 Å². The van der Waals surface area contributed by atoms with E-state index in [-0.39, 0.29) is 10.8 Å². The van der Waals surface area contributed by atoms with E-state index in [0.717, 1.165) is 11.1 Å². The zero-order valence-corrected chi connectivity index (χ0v) is 15.9. The number of thioether (sulfide) groups is 1. The molecule has 134 valence electrons. The minimum Gasteiger partial charge on any atom is -0.267 e. The molecule has 0 spiro atoms. The Hall–Kier alpha value is -2.63. The molecular formula is C21H16ClN3OS. The molecule has 0 aliphatic heterocycles. The van der Waals surface area contributed by atoms with E-state index in [2.05, 4.69) is 22.4 Å². The highest BCUT2D eigenvalue weighted by molar-refractivity contribution is 7.98. The predicted molar refractivity (Wildman–Crippen MR) is 111 cm³/mol. The summed E-state index contributed by atoms with van der Waals surface area (Å²) in [7, 11) is 0. The van der Waals surface area contributed by atoms with Crippen molar-refractivity contribution < 1.29 is 0 Å². The van der Waals surface area contributed by atoms with Crippen LogP contribution in [0.1, 0.15) is 16.4 Å². The van der Waals surface area contributed by atoms with Gasteiger partial charge in [-0.25, -0.2) is 4.68 Å². The zero-order chi connectivity index (χ0) is 18.6. The third-order valence-corrected chi connectivity index (χ3v) is 5.79. The maximum Gasteiger partial charge on any atom is 0.278 e. The Morgan fingerprint density at radius 1 is 0.889 bits per heavy atom. The van der Waals surface area contributed by atoms with Crippen molar-refractivity contribution in [2.75, 3.05) is 0 Å². The SMILES string of the molecule is O=c1c2ccccc2nnn1CS[C@H](c1ccccc1)c1ccc(Cl)cc1. The van der Waals surface area contributed by atoms with Crippen LogP contribution < -0.4 is 5.56 Å². The van der Waals surface area contributed by atoms with Gasteiger partial charge in [0.1, 0.15) is 5.52 Å². The first-order valence-electron chi connectivity index (χ1n) is 8.47. The average molecular weight is 394 g/mol. The van der Waals surface area contributed by atoms with Crippen molar-refractivity contribution in [3.8, 4) is 0 Å². The van der Waals surface area contributed by atoms with Gasteiger partial charge in [0.25, 0.3) is 5.56 Å². The molecule has 4 aromatic rings. The molecule has 1 aromatic heterocycles. The van der Waals surface area contributed by atoms with Crippen molar-refractivity contribution in [2.24, 2.45) is 0 Å². The van der Waals surface area contributed by atoms with Crippen LogP contribution in [0.4, 0.5) is 0 Å². The molecule has 0 N–H and O–H groups in total. The van der Waals surface area contributed by atoms with Crippen LogP contribution in [-0.2, 0) is 5.88 Å². The number of hydrogen-bond donors (Lipinski definition) is 0. The van der Waals surface area contributed by atoms with Gasteiger partial charge in [0.15, 0.2) is 0 Å². The van der Waals surface area contributed by atoms with Crippen molar-refractivity contribution in [1.82, 2.24) is 15.0 Å². The molecule has 0 aliphatic rings. The Morgan fingerprint density at radius 2 is 1.56 bits per heavy atom. The van der Waals surface area contributed by atoms with Crippen LogP contribution >= 0.6 is 23.4 Å². The van der Waals surface area contributed by atoms with Gasteiger partial charge in [-0.05, 0) is 35.4 Å². The number of benzene rings is 3. The summed E-state index contributed by atoms with van der Waals surface area (Å²) >= 11 is 7.67. The number of fused-ring (bicyclic) bond motifs is 1. The lowest BCUT2D eigenvalue weighted by atomic mass is 10.0. The number of halogens is 1. The van der Waals surface area contributed by atoms with E-state index in [4.69, 9.17) is 11.6 Å². The number of rotatable bonds is 5. The average Bonchev–Trinajstić information content (AvgIpc) is 2.72. The van der Waals surface area contributed by atoms with Crippen molar-refractivity contribution in [3.05, 3.63) is 105 Å². The standard InChI is InChI=1S/C21H16ClN3OS/c22-17-12-10-16(11-13-17)20(15-6-2-1-3-7-15)27-14-25-21(26)18-8-4-5-9-19(18)23-24-25/h1-13,20H,14H2/t20-/m1/s1. The third-order valence-electron chi connectivity index (χ3n) is 4.27. The van der Waals surface area contributed by atoms with Gasteiger partial charge < -0.3 is 0 Å². The Morgan fingerprint density at radius 3 is 2.33 bits per heavy atom. The molecule has 0 aliphatic carbocycles. The summed E-state index contributed by atoms with van der Waals surface area (Å²) in [4.78, 5) is 12.7. The molecule has 0 saturated heterocycles. The fourth-order valence-electron chi connectivity index (χ4n) is 2.90. The summed E-state index contributed by atoms with van der Waals surface area (Å²) in [5.74, 6) is 0.402. The Bertz CT molecular complexity index is 1110. The van der Waals surface area contributed by atoms with Crippen molar-refractivity contribution in [1.29, 1.82) is 0 Å². The molecule has 4 rings (SSSR count). The summed E-state index contributed by atoms with van der Waals surface area (Å²) < 4.78 is 1.42. The van der Waals surface area contributed by atoms with Gasteiger partial charge in [0.2, 0.25) is 0 Å². The topological polar surface area (TPSA) is 47.8 Å². The van der Waals surface area contributed by atoms with Gasteiger partial charge in [-0.2, -0.15) is 0 Å². The Labute approximate surface area is 165 Å². The normalized spacial score (nSPS) is 12.2. The molecule has 1 heterocycles. The predicted octanol–water partition coefficient (Wildman–Crippen LogP) is 4.93. The monoisotopic (exact) mass is 393 g/mol. The van der Waals surface area contributed by atoms with Crippen molar-refractivity contribution >= 4 is 34.3 Å². The first-order valence-corrected chi connectivity index (χ1v) is 9.89. The fraction of sp³-hybridized carbons (Fsp3) is 0.0952. The molecular weight excluding hydrogens is 378 g/mol. The third kappa shape index (κ3) is 3.89. The Kier molecular flexibility index (Phi) is 5.23. The van der Waals surface area contributed by atoms with Gasteiger partial charge >= 0.3 is 0 Å². The highest BCUT2D eigenvalue weighted by atomic mass is 35.5. The van der Waals surface area contributed by atoms with E-state index in [9.17, 15) is 4.79 Å². The highest BCUT2D eigenvalue weighted by Gasteiger charge is 2.16. The molecule has 0 fully saturated rings. The van der Waals surface area contributed by atoms with E-state index in [1.165, 1.54) is 4.68 Å². The summed E-state index contributed by atoms with van der Waals surface area (Å²) in [5.41, 5.74) is 2.76. The zero-order valence-electron chi connectivity index (χ0n) is 14.3. The minimum absolute atomic E-state index is 0.0589. The fourth-order valence-corrected chi connectivity index (χ4v) is 4.19. The highest BCUT2D eigenvalue weighted by Crippen LogP contribution is 2.36. The summed E-state index contributed by atoms with van der Waals surface area (Å²) in [5, 5.41) is 9.59. The molecule has 27 heavy (non-hydrogen) atoms. The number of hydrogen-bond acceptors (Lipinski definition) is 4. The number of nitrogens with zero attached hydrogens (tertiary/aromatic N) is 3. The summed E-state index contributed by atoms with van der Waals surface area (Å²) in [6, 6.07) is 25.2. The molecule has 0 radical (unpaired) electrons. The molecule has 1 atom stereocenters. The van der Waals surface area contributed by atoms with E-state index < -0.39 is 0 Å². The first-order chi connectivity index (χ1) is 13.2. The second kappa shape index (κ2) is 7.94. The summed E-state index contributed by atoms with van der Waals surface area (Å²) in [6.07, 6.45) is 0. The minimum atomic E-state index is -0.129. The summed E-state index contributed by atoms with van der Waals surface area (Å²) in [6.45, 7) is 0. The van der Waals surface area contributed by atoms with Gasteiger partial charge in [-0.15, -0.1) is 16.9 Å². The second-order valence-corrected chi connectivity index (χ2v) is 7.55. The second-order valence-electron chi connectivity index (χ2n) is 6.05. The van der Waals surface area contributed by atoms with Crippen molar-refractivity contribution in [2.45, 2.75) is 11.1 Å². The van der Waals surface area contributed by atoms with Crippen LogP contribution in [0.3, 0.4) is 0 Å². The van der Waals surface area contributed by atoms with Gasteiger partial charge in [-0.1, -0.05) is 71.4 Å². The number of aromatic nitrogens is 3. The maximum atomic E-state index is 12.7. The molecule has 3 aromatic carbocycles. The molecule has 0 amide bonds. The smallest absolute Gasteiger partial charge is 0.267 e. The van der Waals surface area contributed by atoms with E-state index in [1.807, 2.05) is 54.6 Å². The van der Waals surface area contributed by atoms with Crippen LogP contribution in [0, 0.1) is 0 Å². The van der Waals surface area contributed by atoms with Crippen LogP contribution in [0.25, 0.3) is 10.9 Å². The van der Waals surface area contributed by atoms with Crippen LogP contribution in [0.15, 0.2) is 83.7 Å². The van der Waals surface area contributed by atoms with E-state index >= 15 is 0 Å². The lowest BCUT2D eigenvalue weighted by Gasteiger charge is -2.18. The van der Waals surface area contributed by atoms with Crippen LogP contribution in [0.2, 0.25) is 5.02 Å². The molecule has 0 bridgehead atoms. The van der Waals surface area contributed by atoms with E-state index in [0.29, 0.717) is 21.8 Å². The largest absolute Gasteiger partial charge is 0.278 e. The lowest BCUT2D eigenvalue weighted by molar-refractivity contribution is 0.644. The lowest BCUT2D eigenvalue weighted by Crippen LogP contribution is -2.23. The molecule has 0 saturated carbocycles.